The molecular formula is C22H14F5N3O. The van der Waals surface area contributed by atoms with Crippen molar-refractivity contribution in [2.75, 3.05) is 10.6 Å². The van der Waals surface area contributed by atoms with Gasteiger partial charge in [-0.2, -0.15) is 13.2 Å². The molecule has 0 aliphatic heterocycles. The average Bonchev–Trinajstić information content (AvgIpc) is 3.11. The van der Waals surface area contributed by atoms with E-state index in [1.807, 2.05) is 0 Å². The molecule has 0 atom stereocenters. The molecular weight excluding hydrogens is 417 g/mol. The zero-order valence-electron chi connectivity index (χ0n) is 15.6. The summed E-state index contributed by atoms with van der Waals surface area (Å²) in [6.45, 7) is 0. The van der Waals surface area contributed by atoms with E-state index in [-0.39, 0.29) is 5.69 Å². The van der Waals surface area contributed by atoms with Crippen LogP contribution in [0.5, 0.6) is 0 Å². The number of aromatic amines is 1. The third-order valence-corrected chi connectivity index (χ3v) is 4.65. The molecule has 0 saturated heterocycles. The van der Waals surface area contributed by atoms with Crippen LogP contribution in [0.1, 0.15) is 5.56 Å². The number of hydrogen-bond acceptors (Lipinski definition) is 1. The molecule has 0 spiro atoms. The van der Waals surface area contributed by atoms with Gasteiger partial charge in [0.15, 0.2) is 11.6 Å². The van der Waals surface area contributed by atoms with Crippen molar-refractivity contribution in [3.05, 3.63) is 84.1 Å². The molecule has 0 unspecified atom stereocenters. The summed E-state index contributed by atoms with van der Waals surface area (Å²) in [6.07, 6.45) is -2.91. The van der Waals surface area contributed by atoms with Crippen molar-refractivity contribution in [3.8, 4) is 11.1 Å². The molecule has 0 radical (unpaired) electrons. The first-order valence-electron chi connectivity index (χ1n) is 9.02. The van der Waals surface area contributed by atoms with E-state index >= 15 is 0 Å². The van der Waals surface area contributed by atoms with E-state index in [0.717, 1.165) is 36.4 Å². The highest BCUT2D eigenvalue weighted by atomic mass is 19.4. The number of benzene rings is 3. The average molecular weight is 431 g/mol. The first-order chi connectivity index (χ1) is 14.7. The third kappa shape index (κ3) is 4.35. The molecule has 3 N–H and O–H groups in total. The van der Waals surface area contributed by atoms with Gasteiger partial charge in [0.05, 0.1) is 11.3 Å². The third-order valence-electron chi connectivity index (χ3n) is 4.65. The number of urea groups is 1. The topological polar surface area (TPSA) is 56.9 Å². The van der Waals surface area contributed by atoms with Crippen molar-refractivity contribution in [2.45, 2.75) is 6.18 Å². The number of carbonyl (C=O) groups excluding carboxylic acids is 1. The predicted molar refractivity (Wildman–Crippen MR) is 108 cm³/mol. The number of anilines is 2. The quantitative estimate of drug-likeness (QED) is 0.308. The van der Waals surface area contributed by atoms with Crippen LogP contribution < -0.4 is 10.6 Å². The Hall–Kier alpha value is -3.88. The Balaban J connectivity index is 1.54. The maximum atomic E-state index is 13.6. The van der Waals surface area contributed by atoms with Gasteiger partial charge in [0, 0.05) is 22.8 Å². The molecule has 2 amide bonds. The molecule has 4 nitrogen and oxygen atoms in total. The minimum absolute atomic E-state index is 0.188. The highest BCUT2D eigenvalue weighted by Crippen LogP contribution is 2.31. The van der Waals surface area contributed by atoms with E-state index in [4.69, 9.17) is 0 Å². The summed E-state index contributed by atoms with van der Waals surface area (Å²) in [5.74, 6) is -1.92. The molecule has 4 aromatic rings. The van der Waals surface area contributed by atoms with Gasteiger partial charge in [0.25, 0.3) is 0 Å². The first kappa shape index (κ1) is 20.4. The molecule has 1 heterocycles. The molecule has 0 aliphatic carbocycles. The van der Waals surface area contributed by atoms with Gasteiger partial charge in [-0.3, -0.25) is 0 Å². The van der Waals surface area contributed by atoms with Crippen LogP contribution in [0.15, 0.2) is 66.9 Å². The van der Waals surface area contributed by atoms with Crippen molar-refractivity contribution in [1.29, 1.82) is 0 Å². The second kappa shape index (κ2) is 7.75. The van der Waals surface area contributed by atoms with E-state index in [1.165, 1.54) is 6.07 Å². The molecule has 0 saturated carbocycles. The van der Waals surface area contributed by atoms with Crippen molar-refractivity contribution in [1.82, 2.24) is 4.98 Å². The molecule has 0 fully saturated rings. The zero-order chi connectivity index (χ0) is 22.2. The minimum atomic E-state index is -4.46. The van der Waals surface area contributed by atoms with Gasteiger partial charge < -0.3 is 15.6 Å². The van der Waals surface area contributed by atoms with E-state index in [2.05, 4.69) is 15.6 Å². The molecule has 4 rings (SSSR count). The largest absolute Gasteiger partial charge is 0.416 e. The highest BCUT2D eigenvalue weighted by Gasteiger charge is 2.30. The molecule has 0 bridgehead atoms. The minimum Gasteiger partial charge on any atom is -0.359 e. The molecule has 0 aliphatic rings. The van der Waals surface area contributed by atoms with Crippen molar-refractivity contribution >= 4 is 28.3 Å². The van der Waals surface area contributed by atoms with Gasteiger partial charge in [-0.15, -0.1) is 0 Å². The monoisotopic (exact) mass is 431 g/mol. The Morgan fingerprint density at radius 3 is 2.16 bits per heavy atom. The number of carbonyl (C=O) groups is 1. The van der Waals surface area contributed by atoms with Crippen LogP contribution in [0.4, 0.5) is 38.1 Å². The van der Waals surface area contributed by atoms with E-state index < -0.39 is 29.4 Å². The fraction of sp³-hybridized carbons (Fsp3) is 0.0455. The van der Waals surface area contributed by atoms with Crippen LogP contribution in [0.2, 0.25) is 0 Å². The fourth-order valence-electron chi connectivity index (χ4n) is 3.11. The summed E-state index contributed by atoms with van der Waals surface area (Å²) in [5, 5.41) is 5.70. The highest BCUT2D eigenvalue weighted by molar-refractivity contribution is 6.06. The van der Waals surface area contributed by atoms with E-state index in [1.54, 1.807) is 24.4 Å². The summed E-state index contributed by atoms with van der Waals surface area (Å²) in [7, 11) is 0. The van der Waals surface area contributed by atoms with Gasteiger partial charge in [-0.05, 0) is 59.7 Å². The molecule has 1 aromatic heterocycles. The van der Waals surface area contributed by atoms with Gasteiger partial charge >= 0.3 is 12.2 Å². The standard InChI is InChI=1S/C22H14F5N3O/c23-17-7-1-13(10-18(17)24)12-2-8-19-16(9-12)20(11-28-19)30-21(31)29-15-5-3-14(4-6-15)22(25,26)27/h1-11,28H,(H2,29,30,31). The Bertz CT molecular complexity index is 1260. The maximum Gasteiger partial charge on any atom is 0.416 e. The summed E-state index contributed by atoms with van der Waals surface area (Å²) in [4.78, 5) is 15.3. The van der Waals surface area contributed by atoms with Crippen LogP contribution in [0, 0.1) is 11.6 Å². The normalized spacial score (nSPS) is 11.5. The lowest BCUT2D eigenvalue weighted by atomic mass is 10.0. The first-order valence-corrected chi connectivity index (χ1v) is 9.02. The van der Waals surface area contributed by atoms with Crippen LogP contribution >= 0.6 is 0 Å². The summed E-state index contributed by atoms with van der Waals surface area (Å²) in [6, 6.07) is 12.1. The Kier molecular flexibility index (Phi) is 5.10. The number of halogens is 5. The lowest BCUT2D eigenvalue weighted by Crippen LogP contribution is -2.19. The molecule has 9 heteroatoms. The number of amides is 2. The smallest absolute Gasteiger partial charge is 0.359 e. The number of fused-ring (bicyclic) bond motifs is 1. The van der Waals surface area contributed by atoms with Crippen molar-refractivity contribution < 1.29 is 26.7 Å². The lowest BCUT2D eigenvalue weighted by molar-refractivity contribution is -0.137. The number of rotatable bonds is 3. The number of aromatic nitrogens is 1. The van der Waals surface area contributed by atoms with Crippen LogP contribution in [-0.4, -0.2) is 11.0 Å². The lowest BCUT2D eigenvalue weighted by Gasteiger charge is -2.10. The zero-order valence-corrected chi connectivity index (χ0v) is 15.6. The second-order valence-electron chi connectivity index (χ2n) is 6.75. The van der Waals surface area contributed by atoms with Gasteiger partial charge in [-0.1, -0.05) is 12.1 Å². The SMILES string of the molecule is O=C(Nc1ccc(C(F)(F)F)cc1)Nc1c[nH]c2ccc(-c3ccc(F)c(F)c3)cc12. The maximum absolute atomic E-state index is 13.6. The van der Waals surface area contributed by atoms with Gasteiger partial charge in [0.2, 0.25) is 0 Å². The summed E-state index contributed by atoms with van der Waals surface area (Å²) in [5.41, 5.74) is 1.53. The van der Waals surface area contributed by atoms with E-state index in [0.29, 0.717) is 27.7 Å². The number of alkyl halides is 3. The van der Waals surface area contributed by atoms with E-state index in [9.17, 15) is 26.7 Å². The molecule has 3 aromatic carbocycles. The number of nitrogens with one attached hydrogen (secondary N) is 3. The van der Waals surface area contributed by atoms with Crippen molar-refractivity contribution in [3.63, 3.8) is 0 Å². The van der Waals surface area contributed by atoms with Crippen molar-refractivity contribution in [2.24, 2.45) is 0 Å². The predicted octanol–water partition coefficient (Wildman–Crippen LogP) is 6.78. The Labute approximate surface area is 172 Å². The Morgan fingerprint density at radius 2 is 1.48 bits per heavy atom. The number of hydrogen-bond donors (Lipinski definition) is 3. The van der Waals surface area contributed by atoms with Gasteiger partial charge in [0.1, 0.15) is 0 Å². The van der Waals surface area contributed by atoms with Crippen LogP contribution in [0.3, 0.4) is 0 Å². The molecule has 158 valence electrons. The summed E-state index contributed by atoms with van der Waals surface area (Å²) >= 11 is 0. The number of H-pyrrole nitrogens is 1. The fourth-order valence-corrected chi connectivity index (χ4v) is 3.11. The summed E-state index contributed by atoms with van der Waals surface area (Å²) < 4.78 is 64.7. The van der Waals surface area contributed by atoms with Crippen LogP contribution in [-0.2, 0) is 6.18 Å². The van der Waals surface area contributed by atoms with Gasteiger partial charge in [-0.25, -0.2) is 13.6 Å². The molecule has 31 heavy (non-hydrogen) atoms. The van der Waals surface area contributed by atoms with Crippen LogP contribution in [0.25, 0.3) is 22.0 Å². The Morgan fingerprint density at radius 1 is 0.806 bits per heavy atom. The second-order valence-corrected chi connectivity index (χ2v) is 6.75.